The second-order valence-electron chi connectivity index (χ2n) is 6.79. The van der Waals surface area contributed by atoms with Crippen LogP contribution < -0.4 is 10.1 Å². The van der Waals surface area contributed by atoms with Crippen LogP contribution in [0.3, 0.4) is 0 Å². The molecule has 138 valence electrons. The average Bonchev–Trinajstić information content (AvgIpc) is 3.04. The van der Waals surface area contributed by atoms with Crippen molar-refractivity contribution in [1.29, 1.82) is 0 Å². The number of nitrogens with zero attached hydrogens (tertiary/aromatic N) is 2. The van der Waals surface area contributed by atoms with E-state index in [2.05, 4.69) is 27.6 Å². The van der Waals surface area contributed by atoms with Crippen molar-refractivity contribution in [2.45, 2.75) is 39.0 Å². The molecular formula is C20H24ClN3OS. The van der Waals surface area contributed by atoms with Crippen LogP contribution in [0.2, 0.25) is 0 Å². The monoisotopic (exact) mass is 389 g/mol. The predicted molar refractivity (Wildman–Crippen MR) is 111 cm³/mol. The number of ether oxygens (including phenoxy) is 1. The normalized spacial score (nSPS) is 14.8. The Morgan fingerprint density at radius 2 is 1.88 bits per heavy atom. The summed E-state index contributed by atoms with van der Waals surface area (Å²) < 4.78 is 5.98. The lowest BCUT2D eigenvalue weighted by molar-refractivity contribution is 0.209. The van der Waals surface area contributed by atoms with E-state index in [1.165, 1.54) is 37.7 Å². The quantitative estimate of drug-likeness (QED) is 0.570. The second kappa shape index (κ2) is 8.69. The SMILES string of the molecule is Cc1csc2ncnc(Nc3ccc(OCC4CCCCC4)cc3)c12.Cl. The van der Waals surface area contributed by atoms with Crippen LogP contribution >= 0.6 is 23.7 Å². The summed E-state index contributed by atoms with van der Waals surface area (Å²) in [6, 6.07) is 8.16. The van der Waals surface area contributed by atoms with Crippen LogP contribution in [0.5, 0.6) is 5.75 Å². The third-order valence-corrected chi connectivity index (χ3v) is 5.89. The second-order valence-corrected chi connectivity index (χ2v) is 7.64. The third kappa shape index (κ3) is 4.27. The maximum Gasteiger partial charge on any atom is 0.142 e. The number of hydrogen-bond acceptors (Lipinski definition) is 5. The Bertz CT molecular complexity index is 844. The fraction of sp³-hybridized carbons (Fsp3) is 0.400. The minimum atomic E-state index is 0. The highest BCUT2D eigenvalue weighted by Gasteiger charge is 2.14. The molecule has 1 aromatic carbocycles. The Hall–Kier alpha value is -1.85. The molecule has 0 bridgehead atoms. The van der Waals surface area contributed by atoms with Crippen LogP contribution in [0.1, 0.15) is 37.7 Å². The number of halogens is 1. The molecule has 26 heavy (non-hydrogen) atoms. The van der Waals surface area contributed by atoms with Crippen LogP contribution in [-0.2, 0) is 0 Å². The van der Waals surface area contributed by atoms with Gasteiger partial charge in [-0.15, -0.1) is 23.7 Å². The lowest BCUT2D eigenvalue weighted by Gasteiger charge is -2.21. The lowest BCUT2D eigenvalue weighted by Crippen LogP contribution is -2.15. The molecule has 4 nitrogen and oxygen atoms in total. The molecule has 2 aromatic heterocycles. The first-order valence-corrected chi connectivity index (χ1v) is 9.86. The molecule has 1 fully saturated rings. The molecule has 2 heterocycles. The number of anilines is 2. The summed E-state index contributed by atoms with van der Waals surface area (Å²) in [6.45, 7) is 2.93. The lowest BCUT2D eigenvalue weighted by atomic mass is 9.90. The van der Waals surface area contributed by atoms with E-state index in [9.17, 15) is 0 Å². The molecule has 1 N–H and O–H groups in total. The van der Waals surface area contributed by atoms with Gasteiger partial charge in [-0.3, -0.25) is 0 Å². The highest BCUT2D eigenvalue weighted by Crippen LogP contribution is 2.31. The topological polar surface area (TPSA) is 47.0 Å². The van der Waals surface area contributed by atoms with Gasteiger partial charge in [-0.25, -0.2) is 9.97 Å². The summed E-state index contributed by atoms with van der Waals surface area (Å²) in [4.78, 5) is 9.76. The fourth-order valence-electron chi connectivity index (χ4n) is 3.45. The Morgan fingerprint density at radius 3 is 2.65 bits per heavy atom. The van der Waals surface area contributed by atoms with Gasteiger partial charge >= 0.3 is 0 Å². The molecule has 1 saturated carbocycles. The van der Waals surface area contributed by atoms with Gasteiger partial charge in [0.15, 0.2) is 0 Å². The molecular weight excluding hydrogens is 366 g/mol. The summed E-state index contributed by atoms with van der Waals surface area (Å²) in [5, 5.41) is 6.63. The largest absolute Gasteiger partial charge is 0.493 e. The van der Waals surface area contributed by atoms with Crippen molar-refractivity contribution in [2.24, 2.45) is 5.92 Å². The fourth-order valence-corrected chi connectivity index (χ4v) is 4.34. The van der Waals surface area contributed by atoms with E-state index in [4.69, 9.17) is 4.74 Å². The van der Waals surface area contributed by atoms with Crippen LogP contribution in [0.15, 0.2) is 36.0 Å². The Labute approximate surface area is 164 Å². The van der Waals surface area contributed by atoms with E-state index in [1.807, 2.05) is 24.3 Å². The number of fused-ring (bicyclic) bond motifs is 1. The molecule has 4 rings (SSSR count). The molecule has 0 saturated heterocycles. The molecule has 0 amide bonds. The smallest absolute Gasteiger partial charge is 0.142 e. The van der Waals surface area contributed by atoms with Gasteiger partial charge in [0.1, 0.15) is 22.7 Å². The number of aromatic nitrogens is 2. The minimum Gasteiger partial charge on any atom is -0.493 e. The summed E-state index contributed by atoms with van der Waals surface area (Å²) in [5.74, 6) is 2.53. The van der Waals surface area contributed by atoms with Gasteiger partial charge in [0.05, 0.1) is 12.0 Å². The first-order chi connectivity index (χ1) is 12.3. The maximum absolute atomic E-state index is 5.98. The van der Waals surface area contributed by atoms with Crippen molar-refractivity contribution in [2.75, 3.05) is 11.9 Å². The van der Waals surface area contributed by atoms with Crippen molar-refractivity contribution in [3.8, 4) is 5.75 Å². The number of aryl methyl sites for hydroxylation is 1. The van der Waals surface area contributed by atoms with Gasteiger partial charge in [-0.1, -0.05) is 19.3 Å². The molecule has 0 spiro atoms. The van der Waals surface area contributed by atoms with Gasteiger partial charge < -0.3 is 10.1 Å². The Morgan fingerprint density at radius 1 is 1.12 bits per heavy atom. The van der Waals surface area contributed by atoms with E-state index in [1.54, 1.807) is 17.7 Å². The van der Waals surface area contributed by atoms with Crippen LogP contribution in [0.4, 0.5) is 11.5 Å². The van der Waals surface area contributed by atoms with E-state index >= 15 is 0 Å². The molecule has 6 heteroatoms. The molecule has 0 atom stereocenters. The van der Waals surface area contributed by atoms with Crippen molar-refractivity contribution < 1.29 is 4.74 Å². The number of nitrogens with one attached hydrogen (secondary N) is 1. The number of hydrogen-bond donors (Lipinski definition) is 1. The maximum atomic E-state index is 5.98. The minimum absolute atomic E-state index is 0. The molecule has 0 radical (unpaired) electrons. The Balaban J connectivity index is 0.00000196. The highest BCUT2D eigenvalue weighted by atomic mass is 35.5. The Kier molecular flexibility index (Phi) is 6.33. The van der Waals surface area contributed by atoms with Crippen LogP contribution in [0.25, 0.3) is 10.2 Å². The van der Waals surface area contributed by atoms with Crippen LogP contribution in [0, 0.1) is 12.8 Å². The van der Waals surface area contributed by atoms with E-state index in [-0.39, 0.29) is 12.4 Å². The van der Waals surface area contributed by atoms with Gasteiger partial charge in [0.2, 0.25) is 0 Å². The standard InChI is InChI=1S/C20H23N3OS.ClH/c1-14-12-25-20-18(14)19(21-13-22-20)23-16-7-9-17(10-8-16)24-11-15-5-3-2-4-6-15;/h7-10,12-13,15H,2-6,11H2,1H3,(H,21,22,23);1H. The predicted octanol–water partition coefficient (Wildman–Crippen LogP) is 6.12. The van der Waals surface area contributed by atoms with E-state index in [0.717, 1.165) is 40.0 Å². The zero-order valence-corrected chi connectivity index (χ0v) is 16.5. The van der Waals surface area contributed by atoms with Gasteiger partial charge in [-0.2, -0.15) is 0 Å². The molecule has 3 aromatic rings. The third-order valence-electron chi connectivity index (χ3n) is 4.88. The molecule has 1 aliphatic rings. The van der Waals surface area contributed by atoms with Gasteiger partial charge in [0, 0.05) is 5.69 Å². The first kappa shape index (κ1) is 18.9. The zero-order chi connectivity index (χ0) is 17.1. The van der Waals surface area contributed by atoms with Gasteiger partial charge in [0.25, 0.3) is 0 Å². The summed E-state index contributed by atoms with van der Waals surface area (Å²) in [6.07, 6.45) is 8.32. The molecule has 1 aliphatic carbocycles. The number of rotatable bonds is 5. The van der Waals surface area contributed by atoms with E-state index < -0.39 is 0 Å². The van der Waals surface area contributed by atoms with E-state index in [0.29, 0.717) is 0 Å². The average molecular weight is 390 g/mol. The van der Waals surface area contributed by atoms with Crippen molar-refractivity contribution >= 4 is 45.5 Å². The van der Waals surface area contributed by atoms with Crippen molar-refractivity contribution in [3.63, 3.8) is 0 Å². The molecule has 0 aliphatic heterocycles. The summed E-state index contributed by atoms with van der Waals surface area (Å²) in [5.41, 5.74) is 2.21. The van der Waals surface area contributed by atoms with Crippen molar-refractivity contribution in [1.82, 2.24) is 9.97 Å². The van der Waals surface area contributed by atoms with Gasteiger partial charge in [-0.05, 0) is 60.9 Å². The summed E-state index contributed by atoms with van der Waals surface area (Å²) >= 11 is 1.65. The molecule has 0 unspecified atom stereocenters. The first-order valence-electron chi connectivity index (χ1n) is 8.98. The van der Waals surface area contributed by atoms with Crippen molar-refractivity contribution in [3.05, 3.63) is 41.5 Å². The number of thiophene rings is 1. The number of benzene rings is 1. The highest BCUT2D eigenvalue weighted by molar-refractivity contribution is 7.17. The summed E-state index contributed by atoms with van der Waals surface area (Å²) in [7, 11) is 0. The zero-order valence-electron chi connectivity index (χ0n) is 14.9. The van der Waals surface area contributed by atoms with Crippen LogP contribution in [-0.4, -0.2) is 16.6 Å².